The number of hydrogen-bond acceptors (Lipinski definition) is 4. The largest absolute Gasteiger partial charge is 0.492 e. The SMILES string of the molecule is OC1=CN=C(Cl)NN1Cl. The fourth-order valence-electron chi connectivity index (χ4n) is 0.332. The number of aliphatic hydroxyl groups excluding tert-OH is 1. The Morgan fingerprint density at radius 2 is 2.44 bits per heavy atom. The third kappa shape index (κ3) is 1.40. The maximum absolute atomic E-state index is 8.72. The topological polar surface area (TPSA) is 47.9 Å². The highest BCUT2D eigenvalue weighted by Crippen LogP contribution is 2.05. The summed E-state index contributed by atoms with van der Waals surface area (Å²) in [6.07, 6.45) is 1.13. The van der Waals surface area contributed by atoms with E-state index in [0.29, 0.717) is 0 Å². The first kappa shape index (κ1) is 6.51. The van der Waals surface area contributed by atoms with E-state index in [1.165, 1.54) is 0 Å². The van der Waals surface area contributed by atoms with Crippen molar-refractivity contribution in [3.8, 4) is 0 Å². The summed E-state index contributed by atoms with van der Waals surface area (Å²) in [5, 5.41) is 8.84. The van der Waals surface area contributed by atoms with Crippen LogP contribution in [-0.4, -0.2) is 14.9 Å². The molecule has 0 unspecified atom stereocenters. The lowest BCUT2D eigenvalue weighted by molar-refractivity contribution is 0.265. The summed E-state index contributed by atoms with van der Waals surface area (Å²) in [6, 6.07) is 0. The number of nitrogens with one attached hydrogen (secondary N) is 1. The Balaban J connectivity index is 2.74. The van der Waals surface area contributed by atoms with Gasteiger partial charge in [0.15, 0.2) is 0 Å². The minimum absolute atomic E-state index is 0.114. The predicted octanol–water partition coefficient (Wildman–Crippen LogP) is 0.912. The van der Waals surface area contributed by atoms with Crippen LogP contribution in [0.3, 0.4) is 0 Å². The van der Waals surface area contributed by atoms with E-state index < -0.39 is 0 Å². The molecule has 0 saturated heterocycles. The van der Waals surface area contributed by atoms with Gasteiger partial charge in [-0.25, -0.2) is 4.99 Å². The van der Waals surface area contributed by atoms with Gasteiger partial charge in [-0.05, 0) is 11.6 Å². The molecule has 0 amide bonds. The maximum Gasteiger partial charge on any atom is 0.240 e. The van der Waals surface area contributed by atoms with Crippen molar-refractivity contribution < 1.29 is 5.11 Å². The van der Waals surface area contributed by atoms with Crippen molar-refractivity contribution in [1.82, 2.24) is 9.95 Å². The quantitative estimate of drug-likeness (QED) is 0.417. The van der Waals surface area contributed by atoms with Gasteiger partial charge < -0.3 is 5.11 Å². The van der Waals surface area contributed by atoms with Crippen LogP contribution in [0.4, 0.5) is 0 Å². The van der Waals surface area contributed by atoms with Crippen molar-refractivity contribution in [3.63, 3.8) is 0 Å². The minimum atomic E-state index is -0.193. The van der Waals surface area contributed by atoms with Gasteiger partial charge in [-0.1, -0.05) is 0 Å². The summed E-state index contributed by atoms with van der Waals surface area (Å²) in [6.45, 7) is 0. The number of hydrazine groups is 1. The van der Waals surface area contributed by atoms with Gasteiger partial charge in [0.05, 0.1) is 6.20 Å². The van der Waals surface area contributed by atoms with Crippen LogP contribution in [0, 0.1) is 0 Å². The second kappa shape index (κ2) is 2.33. The molecule has 0 aromatic carbocycles. The predicted molar refractivity (Wildman–Crippen MR) is 34.8 cm³/mol. The van der Waals surface area contributed by atoms with Gasteiger partial charge in [0.2, 0.25) is 11.2 Å². The summed E-state index contributed by atoms with van der Waals surface area (Å²) in [5.74, 6) is -0.193. The molecule has 0 atom stereocenters. The Morgan fingerprint density at radius 1 is 1.78 bits per heavy atom. The van der Waals surface area contributed by atoms with Crippen LogP contribution in [0.1, 0.15) is 0 Å². The lowest BCUT2D eigenvalue weighted by atomic mass is 10.8. The second-order valence-corrected chi connectivity index (χ2v) is 2.00. The van der Waals surface area contributed by atoms with Gasteiger partial charge >= 0.3 is 0 Å². The number of hydrogen-bond donors (Lipinski definition) is 2. The molecular formula is C3H3Cl2N3O. The molecule has 0 fully saturated rings. The Labute approximate surface area is 61.5 Å². The summed E-state index contributed by atoms with van der Waals surface area (Å²) in [5.41, 5.74) is 2.32. The number of nitrogens with zero attached hydrogens (tertiary/aromatic N) is 2. The first-order chi connectivity index (χ1) is 4.20. The molecule has 0 bridgehead atoms. The van der Waals surface area contributed by atoms with Crippen molar-refractivity contribution in [2.75, 3.05) is 0 Å². The molecule has 9 heavy (non-hydrogen) atoms. The summed E-state index contributed by atoms with van der Waals surface area (Å²) in [7, 11) is 0. The molecule has 4 nitrogen and oxygen atoms in total. The van der Waals surface area contributed by atoms with Crippen molar-refractivity contribution in [2.45, 2.75) is 0 Å². The van der Waals surface area contributed by atoms with Gasteiger partial charge in [0, 0.05) is 11.8 Å². The first-order valence-corrected chi connectivity index (χ1v) is 2.77. The van der Waals surface area contributed by atoms with E-state index in [4.69, 9.17) is 28.5 Å². The van der Waals surface area contributed by atoms with E-state index in [-0.39, 0.29) is 11.2 Å². The van der Waals surface area contributed by atoms with E-state index in [1.54, 1.807) is 0 Å². The van der Waals surface area contributed by atoms with Crippen LogP contribution in [0.5, 0.6) is 0 Å². The molecular weight excluding hydrogens is 165 g/mol. The third-order valence-electron chi connectivity index (χ3n) is 0.685. The van der Waals surface area contributed by atoms with Crippen molar-refractivity contribution in [2.24, 2.45) is 4.99 Å². The molecule has 1 aliphatic rings. The van der Waals surface area contributed by atoms with Gasteiger partial charge in [-0.3, -0.25) is 5.43 Å². The zero-order chi connectivity index (χ0) is 6.85. The monoisotopic (exact) mass is 167 g/mol. The molecule has 0 aromatic heterocycles. The van der Waals surface area contributed by atoms with Crippen LogP contribution < -0.4 is 5.43 Å². The van der Waals surface area contributed by atoms with Crippen molar-refractivity contribution in [1.29, 1.82) is 0 Å². The molecule has 6 heteroatoms. The van der Waals surface area contributed by atoms with Gasteiger partial charge in [0.25, 0.3) is 0 Å². The second-order valence-electron chi connectivity index (χ2n) is 1.30. The van der Waals surface area contributed by atoms with Crippen LogP contribution in [0.2, 0.25) is 0 Å². The Hall–Kier alpha value is -0.610. The highest BCUT2D eigenvalue weighted by molar-refractivity contribution is 6.64. The first-order valence-electron chi connectivity index (χ1n) is 2.05. The molecule has 0 aliphatic carbocycles. The molecule has 0 saturated carbocycles. The molecule has 50 valence electrons. The molecule has 1 aliphatic heterocycles. The zero-order valence-electron chi connectivity index (χ0n) is 4.17. The standard InChI is InChI=1S/C3H3Cl2N3O/c4-3-6-1-2(9)8(5)7-3/h1,9H,(H,6,7). The lowest BCUT2D eigenvalue weighted by Gasteiger charge is -2.16. The van der Waals surface area contributed by atoms with Crippen molar-refractivity contribution in [3.05, 3.63) is 12.1 Å². The van der Waals surface area contributed by atoms with E-state index in [2.05, 4.69) is 10.4 Å². The highest BCUT2D eigenvalue weighted by atomic mass is 35.5. The van der Waals surface area contributed by atoms with E-state index in [9.17, 15) is 0 Å². The number of halogens is 2. The number of rotatable bonds is 0. The fraction of sp³-hybridized carbons (Fsp3) is 0. The Bertz CT molecular complexity index is 178. The zero-order valence-corrected chi connectivity index (χ0v) is 5.69. The normalized spacial score (nSPS) is 18.2. The van der Waals surface area contributed by atoms with Crippen molar-refractivity contribution >= 4 is 28.7 Å². The Kier molecular flexibility index (Phi) is 1.68. The highest BCUT2D eigenvalue weighted by Gasteiger charge is 2.09. The molecule has 0 aromatic rings. The maximum atomic E-state index is 8.72. The fourth-order valence-corrected chi connectivity index (χ4v) is 0.633. The van der Waals surface area contributed by atoms with Crippen LogP contribution in [0.15, 0.2) is 17.1 Å². The third-order valence-corrected chi connectivity index (χ3v) is 1.12. The van der Waals surface area contributed by atoms with E-state index in [1.807, 2.05) is 0 Å². The molecule has 0 radical (unpaired) electrons. The number of amidine groups is 1. The van der Waals surface area contributed by atoms with E-state index in [0.717, 1.165) is 10.7 Å². The average Bonchev–Trinajstić information content (AvgIpc) is 1.80. The summed E-state index contributed by atoms with van der Waals surface area (Å²) >= 11 is 10.6. The number of aliphatic hydroxyl groups is 1. The lowest BCUT2D eigenvalue weighted by Crippen LogP contribution is -2.34. The van der Waals surface area contributed by atoms with Crippen LogP contribution in [-0.2, 0) is 0 Å². The Morgan fingerprint density at radius 3 is 2.89 bits per heavy atom. The molecule has 1 rings (SSSR count). The molecule has 1 heterocycles. The summed E-state index contributed by atoms with van der Waals surface area (Å²) < 4.78 is 0.829. The minimum Gasteiger partial charge on any atom is -0.492 e. The molecule has 2 N–H and O–H groups in total. The summed E-state index contributed by atoms with van der Waals surface area (Å²) in [4.78, 5) is 3.49. The number of aliphatic imine (C=N–C) groups is 1. The van der Waals surface area contributed by atoms with Gasteiger partial charge in [-0.15, -0.1) is 0 Å². The van der Waals surface area contributed by atoms with Crippen LogP contribution in [0.25, 0.3) is 0 Å². The average molecular weight is 168 g/mol. The molecule has 0 spiro atoms. The van der Waals surface area contributed by atoms with E-state index >= 15 is 0 Å². The van der Waals surface area contributed by atoms with Gasteiger partial charge in [0.1, 0.15) is 0 Å². The smallest absolute Gasteiger partial charge is 0.240 e. The van der Waals surface area contributed by atoms with Gasteiger partial charge in [-0.2, -0.15) is 4.53 Å². The van der Waals surface area contributed by atoms with Crippen LogP contribution >= 0.6 is 23.4 Å².